The number of aliphatic hydroxyl groups excluding tert-OH is 1. The molecule has 2 rings (SSSR count). The van der Waals surface area contributed by atoms with Crippen molar-refractivity contribution >= 4 is 0 Å². The topological polar surface area (TPSA) is 42.4 Å². The summed E-state index contributed by atoms with van der Waals surface area (Å²) in [5.74, 6) is 6.78. The predicted octanol–water partition coefficient (Wildman–Crippen LogP) is 2.70. The lowest BCUT2D eigenvalue weighted by Crippen LogP contribution is -1.96. The smallest absolute Gasteiger partial charge is 0.120 e. The number of aliphatic hydroxyl groups is 1. The highest BCUT2D eigenvalue weighted by molar-refractivity contribution is 5.44. The molecule has 1 N–H and O–H groups in total. The van der Waals surface area contributed by atoms with Crippen molar-refractivity contribution in [2.24, 2.45) is 0 Å². The van der Waals surface area contributed by atoms with Crippen LogP contribution in [0.2, 0.25) is 0 Å². The van der Waals surface area contributed by atoms with Crippen LogP contribution in [0.5, 0.6) is 5.75 Å². The molecule has 0 atom stereocenters. The maximum Gasteiger partial charge on any atom is 0.120 e. The first-order valence-electron chi connectivity index (χ1n) is 6.51. The van der Waals surface area contributed by atoms with Gasteiger partial charge in [-0.05, 0) is 36.8 Å². The lowest BCUT2D eigenvalue weighted by atomic mass is 10.1. The van der Waals surface area contributed by atoms with Gasteiger partial charge in [-0.3, -0.25) is 4.98 Å². The molecule has 0 unspecified atom stereocenters. The maximum atomic E-state index is 8.71. The van der Waals surface area contributed by atoms with Crippen LogP contribution in [0.1, 0.15) is 23.1 Å². The Bertz CT molecular complexity index is 612. The summed E-state index contributed by atoms with van der Waals surface area (Å²) in [6, 6.07) is 9.70. The van der Waals surface area contributed by atoms with Crippen molar-refractivity contribution in [3.05, 3.63) is 59.4 Å². The summed E-state index contributed by atoms with van der Waals surface area (Å²) in [6.07, 6.45) is 4.04. The van der Waals surface area contributed by atoms with Gasteiger partial charge in [-0.1, -0.05) is 17.9 Å². The van der Waals surface area contributed by atoms with Crippen LogP contribution in [-0.2, 0) is 6.61 Å². The zero-order chi connectivity index (χ0) is 14.2. The lowest BCUT2D eigenvalue weighted by molar-refractivity contribution is 0.305. The molecule has 3 heteroatoms. The largest absolute Gasteiger partial charge is 0.489 e. The van der Waals surface area contributed by atoms with Crippen LogP contribution in [-0.4, -0.2) is 16.7 Å². The molecule has 0 spiro atoms. The predicted molar refractivity (Wildman–Crippen MR) is 78.3 cm³/mol. The normalized spacial score (nSPS) is 9.70. The van der Waals surface area contributed by atoms with Crippen LogP contribution >= 0.6 is 0 Å². The van der Waals surface area contributed by atoms with Crippen LogP contribution in [0.3, 0.4) is 0 Å². The second-order valence-electron chi connectivity index (χ2n) is 4.40. The Kier molecular flexibility index (Phi) is 5.16. The maximum absolute atomic E-state index is 8.71. The molecule has 2 aromatic rings. The Morgan fingerprint density at radius 3 is 2.90 bits per heavy atom. The van der Waals surface area contributed by atoms with Gasteiger partial charge in [0.1, 0.15) is 12.4 Å². The molecular weight excluding hydrogens is 250 g/mol. The number of hydrogen-bond donors (Lipinski definition) is 1. The van der Waals surface area contributed by atoms with E-state index in [2.05, 4.69) is 16.8 Å². The van der Waals surface area contributed by atoms with Gasteiger partial charge in [0.2, 0.25) is 0 Å². The number of pyridine rings is 1. The minimum atomic E-state index is 0.0956. The Morgan fingerprint density at radius 2 is 2.20 bits per heavy atom. The molecule has 1 aromatic carbocycles. The minimum absolute atomic E-state index is 0.0956. The average Bonchev–Trinajstić information content (AvgIpc) is 2.48. The fourth-order valence-electron chi connectivity index (χ4n) is 1.73. The van der Waals surface area contributed by atoms with E-state index < -0.39 is 0 Å². The fourth-order valence-corrected chi connectivity index (χ4v) is 1.73. The first kappa shape index (κ1) is 14.1. The van der Waals surface area contributed by atoms with E-state index in [9.17, 15) is 0 Å². The highest BCUT2D eigenvalue weighted by Gasteiger charge is 2.00. The van der Waals surface area contributed by atoms with Gasteiger partial charge in [-0.15, -0.1) is 0 Å². The molecule has 0 aliphatic heterocycles. The van der Waals surface area contributed by atoms with E-state index in [4.69, 9.17) is 9.84 Å². The standard InChI is InChI=1S/C17H17NO2/c1-14-11-17(8-7-16(14)6-2-3-10-19)20-13-15-5-4-9-18-12-15/h4-5,7-9,11-12,19H,3,10,13H2,1H3. The first-order valence-corrected chi connectivity index (χ1v) is 6.51. The third kappa shape index (κ3) is 4.11. The monoisotopic (exact) mass is 267 g/mol. The molecule has 0 saturated carbocycles. The van der Waals surface area contributed by atoms with Crippen molar-refractivity contribution in [2.75, 3.05) is 6.61 Å². The van der Waals surface area contributed by atoms with Gasteiger partial charge in [-0.25, -0.2) is 0 Å². The summed E-state index contributed by atoms with van der Waals surface area (Å²) >= 11 is 0. The summed E-state index contributed by atoms with van der Waals surface area (Å²) in [5, 5.41) is 8.71. The highest BCUT2D eigenvalue weighted by atomic mass is 16.5. The van der Waals surface area contributed by atoms with Crippen molar-refractivity contribution in [1.29, 1.82) is 0 Å². The minimum Gasteiger partial charge on any atom is -0.489 e. The van der Waals surface area contributed by atoms with Gasteiger partial charge in [0.15, 0.2) is 0 Å². The van der Waals surface area contributed by atoms with E-state index >= 15 is 0 Å². The molecule has 102 valence electrons. The number of aryl methyl sites for hydroxylation is 1. The summed E-state index contributed by atoms with van der Waals surface area (Å²) in [6.45, 7) is 2.60. The summed E-state index contributed by atoms with van der Waals surface area (Å²) < 4.78 is 5.73. The van der Waals surface area contributed by atoms with Crippen molar-refractivity contribution in [3.63, 3.8) is 0 Å². The molecular formula is C17H17NO2. The second-order valence-corrected chi connectivity index (χ2v) is 4.40. The summed E-state index contributed by atoms with van der Waals surface area (Å²) in [5.41, 5.74) is 3.07. The molecule has 0 aliphatic rings. The molecule has 0 bridgehead atoms. The van der Waals surface area contributed by atoms with E-state index in [0.717, 1.165) is 22.4 Å². The molecule has 3 nitrogen and oxygen atoms in total. The summed E-state index contributed by atoms with van der Waals surface area (Å²) in [4.78, 5) is 4.05. The third-order valence-corrected chi connectivity index (χ3v) is 2.79. The Balaban J connectivity index is 2.01. The molecule has 20 heavy (non-hydrogen) atoms. The van der Waals surface area contributed by atoms with E-state index in [0.29, 0.717) is 13.0 Å². The molecule has 1 aromatic heterocycles. The van der Waals surface area contributed by atoms with Crippen LogP contribution < -0.4 is 4.74 Å². The zero-order valence-corrected chi connectivity index (χ0v) is 11.5. The Labute approximate surface area is 119 Å². The van der Waals surface area contributed by atoms with Crippen molar-refractivity contribution in [1.82, 2.24) is 4.98 Å². The third-order valence-electron chi connectivity index (χ3n) is 2.79. The molecule has 0 fully saturated rings. The Morgan fingerprint density at radius 1 is 1.30 bits per heavy atom. The second kappa shape index (κ2) is 7.32. The average molecular weight is 267 g/mol. The van der Waals surface area contributed by atoms with E-state index in [1.807, 2.05) is 37.3 Å². The van der Waals surface area contributed by atoms with Crippen LogP contribution in [0.4, 0.5) is 0 Å². The van der Waals surface area contributed by atoms with Gasteiger partial charge in [0, 0.05) is 29.9 Å². The molecule has 0 amide bonds. The number of aromatic nitrogens is 1. The molecule has 1 heterocycles. The van der Waals surface area contributed by atoms with Gasteiger partial charge < -0.3 is 9.84 Å². The van der Waals surface area contributed by atoms with Crippen molar-refractivity contribution in [3.8, 4) is 17.6 Å². The van der Waals surface area contributed by atoms with Gasteiger partial charge in [0.25, 0.3) is 0 Å². The number of nitrogens with zero attached hydrogens (tertiary/aromatic N) is 1. The van der Waals surface area contributed by atoms with Crippen molar-refractivity contribution < 1.29 is 9.84 Å². The molecule has 0 aliphatic carbocycles. The SMILES string of the molecule is Cc1cc(OCc2cccnc2)ccc1C#CCCO. The number of benzene rings is 1. The van der Waals surface area contributed by atoms with E-state index in [-0.39, 0.29) is 6.61 Å². The van der Waals surface area contributed by atoms with Crippen LogP contribution in [0.25, 0.3) is 0 Å². The number of ether oxygens (including phenoxy) is 1. The van der Waals surface area contributed by atoms with Crippen LogP contribution in [0.15, 0.2) is 42.7 Å². The first-order chi connectivity index (χ1) is 9.79. The van der Waals surface area contributed by atoms with Crippen molar-refractivity contribution in [2.45, 2.75) is 20.0 Å². The van der Waals surface area contributed by atoms with Gasteiger partial charge in [0.05, 0.1) is 6.61 Å². The van der Waals surface area contributed by atoms with Crippen LogP contribution in [0, 0.1) is 18.8 Å². The van der Waals surface area contributed by atoms with Gasteiger partial charge in [-0.2, -0.15) is 0 Å². The fraction of sp³-hybridized carbons (Fsp3) is 0.235. The quantitative estimate of drug-likeness (QED) is 0.866. The lowest BCUT2D eigenvalue weighted by Gasteiger charge is -2.07. The van der Waals surface area contributed by atoms with E-state index in [1.54, 1.807) is 12.4 Å². The van der Waals surface area contributed by atoms with Gasteiger partial charge >= 0.3 is 0 Å². The summed E-state index contributed by atoms with van der Waals surface area (Å²) in [7, 11) is 0. The molecule has 0 saturated heterocycles. The molecule has 0 radical (unpaired) electrons. The highest BCUT2D eigenvalue weighted by Crippen LogP contribution is 2.17. The van der Waals surface area contributed by atoms with E-state index in [1.165, 1.54) is 0 Å². The zero-order valence-electron chi connectivity index (χ0n) is 11.5. The number of hydrogen-bond acceptors (Lipinski definition) is 3. The Hall–Kier alpha value is -2.31. The number of rotatable bonds is 4.